The number of hydrogen-bond acceptors (Lipinski definition) is 2. The highest BCUT2D eigenvalue weighted by Crippen LogP contribution is 2.35. The summed E-state index contributed by atoms with van der Waals surface area (Å²) in [6.07, 6.45) is 1.10. The first-order chi connectivity index (χ1) is 5.70. The lowest BCUT2D eigenvalue weighted by Gasteiger charge is -2.01. The van der Waals surface area contributed by atoms with E-state index < -0.39 is 0 Å². The van der Waals surface area contributed by atoms with Crippen LogP contribution in [0, 0.1) is 0 Å². The lowest BCUT2D eigenvalue weighted by atomic mass is 10.1. The van der Waals surface area contributed by atoms with Crippen LogP contribution in [-0.4, -0.2) is 10.9 Å². The fraction of sp³-hybridized carbons (Fsp3) is 0.222. The van der Waals surface area contributed by atoms with Gasteiger partial charge in [-0.15, -0.1) is 0 Å². The quantitative estimate of drug-likeness (QED) is 0.668. The Morgan fingerprint density at radius 2 is 2.08 bits per heavy atom. The van der Waals surface area contributed by atoms with Gasteiger partial charge in [-0.1, -0.05) is 11.6 Å². The number of fused-ring (bicyclic) bond motifs is 1. The molecule has 1 N–H and O–H groups in total. The van der Waals surface area contributed by atoms with Gasteiger partial charge in [-0.25, -0.2) is 0 Å². The van der Waals surface area contributed by atoms with Crippen molar-refractivity contribution in [2.24, 2.45) is 0 Å². The van der Waals surface area contributed by atoms with Crippen LogP contribution < -0.4 is 0 Å². The molecule has 0 bridgehead atoms. The van der Waals surface area contributed by atoms with Gasteiger partial charge < -0.3 is 5.11 Å². The second kappa shape index (κ2) is 2.49. The highest BCUT2D eigenvalue weighted by molar-refractivity contribution is 6.32. The lowest BCUT2D eigenvalue weighted by molar-refractivity contribution is 0.0994. The maximum atomic E-state index is 11.2. The van der Waals surface area contributed by atoms with Gasteiger partial charge in [-0.3, -0.25) is 4.79 Å². The Bertz CT molecular complexity index is 358. The molecule has 1 aromatic rings. The van der Waals surface area contributed by atoms with Gasteiger partial charge in [0.25, 0.3) is 0 Å². The maximum absolute atomic E-state index is 11.2. The number of ketones is 1. The Morgan fingerprint density at radius 3 is 2.83 bits per heavy atom. The highest BCUT2D eigenvalue weighted by atomic mass is 35.5. The van der Waals surface area contributed by atoms with Crippen molar-refractivity contribution in [3.63, 3.8) is 0 Å². The summed E-state index contributed by atoms with van der Waals surface area (Å²) in [4.78, 5) is 11.2. The summed E-state index contributed by atoms with van der Waals surface area (Å²) in [5, 5.41) is 9.77. The zero-order valence-corrected chi connectivity index (χ0v) is 7.06. The fourth-order valence-electron chi connectivity index (χ4n) is 1.50. The maximum Gasteiger partial charge on any atom is 0.163 e. The third kappa shape index (κ3) is 0.916. The molecule has 0 amide bonds. The molecule has 0 heterocycles. The van der Waals surface area contributed by atoms with E-state index in [9.17, 15) is 9.90 Å². The smallest absolute Gasteiger partial charge is 0.163 e. The summed E-state index contributed by atoms with van der Waals surface area (Å²) in [5.74, 6) is 0.164. The third-order valence-corrected chi connectivity index (χ3v) is 2.44. The second-order valence-electron chi connectivity index (χ2n) is 2.85. The Morgan fingerprint density at radius 1 is 1.33 bits per heavy atom. The van der Waals surface area contributed by atoms with Crippen molar-refractivity contribution < 1.29 is 9.90 Å². The lowest BCUT2D eigenvalue weighted by Crippen LogP contribution is -1.90. The molecule has 2 nitrogen and oxygen atoms in total. The van der Waals surface area contributed by atoms with E-state index in [-0.39, 0.29) is 11.5 Å². The molecule has 1 aliphatic rings. The molecule has 3 heteroatoms. The minimum absolute atomic E-state index is 0.0695. The summed E-state index contributed by atoms with van der Waals surface area (Å²) in [6.45, 7) is 0. The Kier molecular flexibility index (Phi) is 1.58. The molecule has 12 heavy (non-hydrogen) atoms. The number of hydrogen-bond donors (Lipinski definition) is 1. The van der Waals surface area contributed by atoms with Crippen LogP contribution in [0.5, 0.6) is 5.75 Å². The number of carbonyl (C=O) groups is 1. The van der Waals surface area contributed by atoms with Crippen molar-refractivity contribution >= 4 is 17.4 Å². The number of aromatic hydroxyl groups is 1. The zero-order chi connectivity index (χ0) is 8.72. The average Bonchev–Trinajstić information content (AvgIpc) is 2.41. The Hall–Kier alpha value is -1.02. The van der Waals surface area contributed by atoms with Crippen molar-refractivity contribution in [3.05, 3.63) is 28.3 Å². The van der Waals surface area contributed by atoms with E-state index in [1.807, 2.05) is 0 Å². The average molecular weight is 183 g/mol. The molecule has 0 radical (unpaired) electrons. The first-order valence-electron chi connectivity index (χ1n) is 3.73. The molecular formula is C9H7ClO2. The van der Waals surface area contributed by atoms with Crippen LogP contribution in [0.1, 0.15) is 22.3 Å². The van der Waals surface area contributed by atoms with E-state index >= 15 is 0 Å². The van der Waals surface area contributed by atoms with Crippen molar-refractivity contribution in [2.75, 3.05) is 0 Å². The van der Waals surface area contributed by atoms with Crippen LogP contribution >= 0.6 is 11.6 Å². The topological polar surface area (TPSA) is 37.3 Å². The molecule has 1 aromatic carbocycles. The first-order valence-corrected chi connectivity index (χ1v) is 4.11. The summed E-state index contributed by atoms with van der Waals surface area (Å²) < 4.78 is 0. The van der Waals surface area contributed by atoms with E-state index in [4.69, 9.17) is 11.6 Å². The molecule has 0 saturated carbocycles. The molecule has 0 spiro atoms. The Labute approximate surface area is 74.8 Å². The van der Waals surface area contributed by atoms with Crippen LogP contribution in [0.2, 0.25) is 5.02 Å². The predicted molar refractivity (Wildman–Crippen MR) is 45.8 cm³/mol. The molecule has 0 saturated heterocycles. The molecule has 0 aromatic heterocycles. The molecule has 0 unspecified atom stereocenters. The number of rotatable bonds is 0. The van der Waals surface area contributed by atoms with E-state index in [1.165, 1.54) is 0 Å². The van der Waals surface area contributed by atoms with Gasteiger partial charge in [0.2, 0.25) is 0 Å². The first kappa shape index (κ1) is 7.62. The van der Waals surface area contributed by atoms with Gasteiger partial charge in [0.1, 0.15) is 5.75 Å². The van der Waals surface area contributed by atoms with Crippen LogP contribution in [0.15, 0.2) is 12.1 Å². The van der Waals surface area contributed by atoms with Crippen LogP contribution in [-0.2, 0) is 6.42 Å². The monoisotopic (exact) mass is 182 g/mol. The third-order valence-electron chi connectivity index (χ3n) is 2.14. The van der Waals surface area contributed by atoms with E-state index in [0.717, 1.165) is 0 Å². The summed E-state index contributed by atoms with van der Waals surface area (Å²) >= 11 is 5.68. The number of benzene rings is 1. The standard InChI is InChI=1S/C9H7ClO2/c10-7-3-1-5-6(9(7)12)2-4-8(5)11/h1,3,12H,2,4H2. The van der Waals surface area contributed by atoms with Crippen molar-refractivity contribution in [1.29, 1.82) is 0 Å². The molecular weight excluding hydrogens is 176 g/mol. The number of carbonyl (C=O) groups excluding carboxylic acids is 1. The molecule has 2 rings (SSSR count). The minimum atomic E-state index is 0.0695. The minimum Gasteiger partial charge on any atom is -0.506 e. The molecule has 62 valence electrons. The molecule has 1 aliphatic carbocycles. The van der Waals surface area contributed by atoms with Gasteiger partial charge in [-0.05, 0) is 18.6 Å². The molecule has 0 aliphatic heterocycles. The van der Waals surface area contributed by atoms with Crippen molar-refractivity contribution in [1.82, 2.24) is 0 Å². The fourth-order valence-corrected chi connectivity index (χ4v) is 1.67. The number of phenolic OH excluding ortho intramolecular Hbond substituents is 1. The summed E-state index contributed by atoms with van der Waals surface area (Å²) in [7, 11) is 0. The summed E-state index contributed by atoms with van der Waals surface area (Å²) in [6, 6.07) is 3.23. The second-order valence-corrected chi connectivity index (χ2v) is 3.25. The largest absolute Gasteiger partial charge is 0.506 e. The van der Waals surface area contributed by atoms with Crippen molar-refractivity contribution in [2.45, 2.75) is 12.8 Å². The predicted octanol–water partition coefficient (Wildman–Crippen LogP) is 2.17. The molecule has 0 atom stereocenters. The van der Waals surface area contributed by atoms with E-state index in [2.05, 4.69) is 0 Å². The zero-order valence-electron chi connectivity index (χ0n) is 6.30. The van der Waals surface area contributed by atoms with Gasteiger partial charge in [-0.2, -0.15) is 0 Å². The highest BCUT2D eigenvalue weighted by Gasteiger charge is 2.23. The SMILES string of the molecule is O=C1CCc2c1ccc(Cl)c2O. The van der Waals surface area contributed by atoms with Crippen LogP contribution in [0.3, 0.4) is 0 Å². The van der Waals surface area contributed by atoms with Crippen LogP contribution in [0.4, 0.5) is 0 Å². The van der Waals surface area contributed by atoms with Crippen molar-refractivity contribution in [3.8, 4) is 5.75 Å². The molecule has 0 fully saturated rings. The normalized spacial score (nSPS) is 14.9. The number of halogens is 1. The number of Topliss-reactive ketones (excluding diaryl/α,β-unsaturated/α-hetero) is 1. The van der Waals surface area contributed by atoms with E-state index in [1.54, 1.807) is 12.1 Å². The van der Waals surface area contributed by atoms with Gasteiger partial charge in [0.05, 0.1) is 5.02 Å². The van der Waals surface area contributed by atoms with Gasteiger partial charge in [0, 0.05) is 17.5 Å². The van der Waals surface area contributed by atoms with Crippen LogP contribution in [0.25, 0.3) is 0 Å². The van der Waals surface area contributed by atoms with Gasteiger partial charge in [0.15, 0.2) is 5.78 Å². The Balaban J connectivity index is 2.68. The summed E-state index contributed by atoms with van der Waals surface area (Å²) in [5.41, 5.74) is 1.32. The van der Waals surface area contributed by atoms with Gasteiger partial charge >= 0.3 is 0 Å². The number of phenols is 1. The van der Waals surface area contributed by atoms with E-state index in [0.29, 0.717) is 29.0 Å².